The largest absolute Gasteiger partial charge is 0.390 e. The highest BCUT2D eigenvalue weighted by molar-refractivity contribution is 5.81. The molecule has 2 heterocycles. The van der Waals surface area contributed by atoms with Gasteiger partial charge in [-0.25, -0.2) is 0 Å². The number of carbonyl (C=O) groups excluding carboxylic acids is 1. The van der Waals surface area contributed by atoms with Gasteiger partial charge in [0, 0.05) is 52.9 Å². The van der Waals surface area contributed by atoms with Crippen molar-refractivity contribution < 1.29 is 19.4 Å². The van der Waals surface area contributed by atoms with E-state index in [0.29, 0.717) is 19.6 Å². The molecule has 1 aromatic carbocycles. The van der Waals surface area contributed by atoms with Gasteiger partial charge >= 0.3 is 0 Å². The second-order valence-electron chi connectivity index (χ2n) is 8.00. The molecule has 0 bridgehead atoms. The SMILES string of the molecule is COCCNC(=O)C1OC(CCN2CCN(Cc3ccccc3)CC2)CCC1O. The van der Waals surface area contributed by atoms with E-state index in [1.165, 1.54) is 5.56 Å². The molecule has 7 nitrogen and oxygen atoms in total. The zero-order valence-electron chi connectivity index (χ0n) is 17.5. The van der Waals surface area contributed by atoms with Crippen molar-refractivity contribution in [1.29, 1.82) is 0 Å². The van der Waals surface area contributed by atoms with Gasteiger partial charge < -0.3 is 24.8 Å². The molecule has 0 spiro atoms. The Labute approximate surface area is 174 Å². The van der Waals surface area contributed by atoms with Crippen molar-refractivity contribution in [3.8, 4) is 0 Å². The number of nitrogens with one attached hydrogen (secondary N) is 1. The predicted molar refractivity (Wildman–Crippen MR) is 112 cm³/mol. The monoisotopic (exact) mass is 405 g/mol. The van der Waals surface area contributed by atoms with Crippen LogP contribution < -0.4 is 5.32 Å². The molecule has 2 aliphatic heterocycles. The molecule has 0 saturated carbocycles. The third-order valence-electron chi connectivity index (χ3n) is 5.82. The van der Waals surface area contributed by atoms with E-state index in [4.69, 9.17) is 9.47 Å². The van der Waals surface area contributed by atoms with Gasteiger partial charge in [-0.3, -0.25) is 9.69 Å². The minimum Gasteiger partial charge on any atom is -0.390 e. The Morgan fingerprint density at radius 3 is 2.62 bits per heavy atom. The van der Waals surface area contributed by atoms with Crippen LogP contribution in [0.25, 0.3) is 0 Å². The van der Waals surface area contributed by atoms with E-state index in [0.717, 1.165) is 52.1 Å². The van der Waals surface area contributed by atoms with Gasteiger partial charge in [0.05, 0.1) is 18.8 Å². The lowest BCUT2D eigenvalue weighted by molar-refractivity contribution is -0.158. The van der Waals surface area contributed by atoms with Crippen LogP contribution in [0.15, 0.2) is 30.3 Å². The summed E-state index contributed by atoms with van der Waals surface area (Å²) in [6.07, 6.45) is 0.838. The lowest BCUT2D eigenvalue weighted by Gasteiger charge is -2.37. The number of methoxy groups -OCH3 is 1. The number of piperazine rings is 1. The number of carbonyl (C=O) groups is 1. The van der Waals surface area contributed by atoms with Gasteiger partial charge in [0.2, 0.25) is 0 Å². The van der Waals surface area contributed by atoms with E-state index < -0.39 is 12.2 Å². The summed E-state index contributed by atoms with van der Waals surface area (Å²) in [5.74, 6) is -0.242. The molecule has 1 aromatic rings. The van der Waals surface area contributed by atoms with Crippen molar-refractivity contribution in [3.63, 3.8) is 0 Å². The summed E-state index contributed by atoms with van der Waals surface area (Å²) in [4.78, 5) is 17.2. The van der Waals surface area contributed by atoms with Crippen LogP contribution in [0.5, 0.6) is 0 Å². The van der Waals surface area contributed by atoms with E-state index in [-0.39, 0.29) is 12.0 Å². The highest BCUT2D eigenvalue weighted by Gasteiger charge is 2.35. The van der Waals surface area contributed by atoms with Crippen molar-refractivity contribution in [1.82, 2.24) is 15.1 Å². The maximum absolute atomic E-state index is 12.3. The number of benzene rings is 1. The van der Waals surface area contributed by atoms with Crippen LogP contribution in [0.4, 0.5) is 0 Å². The number of aliphatic hydroxyl groups excluding tert-OH is 1. The van der Waals surface area contributed by atoms with E-state index >= 15 is 0 Å². The molecule has 1 amide bonds. The third-order valence-corrected chi connectivity index (χ3v) is 5.82. The maximum Gasteiger partial charge on any atom is 0.251 e. The quantitative estimate of drug-likeness (QED) is 0.594. The van der Waals surface area contributed by atoms with Gasteiger partial charge in [-0.1, -0.05) is 30.3 Å². The molecule has 2 aliphatic rings. The van der Waals surface area contributed by atoms with Gasteiger partial charge in [0.15, 0.2) is 6.10 Å². The smallest absolute Gasteiger partial charge is 0.251 e. The van der Waals surface area contributed by atoms with Gasteiger partial charge in [0.1, 0.15) is 0 Å². The molecular weight excluding hydrogens is 370 g/mol. The Balaban J connectivity index is 1.36. The number of amides is 1. The topological polar surface area (TPSA) is 74.3 Å². The molecule has 2 saturated heterocycles. The fourth-order valence-electron chi connectivity index (χ4n) is 4.04. The highest BCUT2D eigenvalue weighted by atomic mass is 16.5. The first kappa shape index (κ1) is 22.2. The first-order valence-electron chi connectivity index (χ1n) is 10.7. The third kappa shape index (κ3) is 7.04. The van der Waals surface area contributed by atoms with Crippen LogP contribution in [-0.4, -0.2) is 92.1 Å². The lowest BCUT2D eigenvalue weighted by Crippen LogP contribution is -2.50. The molecule has 29 heavy (non-hydrogen) atoms. The summed E-state index contributed by atoms with van der Waals surface area (Å²) in [5, 5.41) is 12.9. The van der Waals surface area contributed by atoms with Crippen molar-refractivity contribution in [2.24, 2.45) is 0 Å². The molecule has 0 aliphatic carbocycles. The molecular formula is C22H35N3O4. The number of rotatable bonds is 9. The Hall–Kier alpha value is -1.51. The summed E-state index contributed by atoms with van der Waals surface area (Å²) >= 11 is 0. The van der Waals surface area contributed by atoms with Gasteiger partial charge in [-0.2, -0.15) is 0 Å². The summed E-state index contributed by atoms with van der Waals surface area (Å²) < 4.78 is 10.9. The van der Waals surface area contributed by atoms with Crippen LogP contribution in [0, 0.1) is 0 Å². The Morgan fingerprint density at radius 1 is 1.17 bits per heavy atom. The zero-order valence-corrected chi connectivity index (χ0v) is 17.5. The molecule has 0 radical (unpaired) electrons. The minimum absolute atomic E-state index is 0.0268. The van der Waals surface area contributed by atoms with Crippen LogP contribution in [0.2, 0.25) is 0 Å². The number of aliphatic hydroxyl groups is 1. The van der Waals surface area contributed by atoms with Crippen molar-refractivity contribution >= 4 is 5.91 Å². The standard InChI is InChI=1S/C22H35N3O4/c1-28-16-10-23-22(27)21-20(26)8-7-19(29-21)9-11-24-12-14-25(15-13-24)17-18-5-3-2-4-6-18/h2-6,19-21,26H,7-17H2,1H3,(H,23,27). The van der Waals surface area contributed by atoms with Crippen LogP contribution in [0.1, 0.15) is 24.8 Å². The van der Waals surface area contributed by atoms with E-state index in [2.05, 4.69) is 45.4 Å². The van der Waals surface area contributed by atoms with E-state index in [1.807, 2.05) is 0 Å². The average molecular weight is 406 g/mol. The van der Waals surface area contributed by atoms with Gasteiger partial charge in [0.25, 0.3) is 5.91 Å². The Bertz CT molecular complexity index is 607. The van der Waals surface area contributed by atoms with Crippen LogP contribution >= 0.6 is 0 Å². The number of ether oxygens (including phenoxy) is 2. The summed E-state index contributed by atoms with van der Waals surface area (Å²) in [7, 11) is 1.59. The number of nitrogens with zero attached hydrogens (tertiary/aromatic N) is 2. The molecule has 162 valence electrons. The van der Waals surface area contributed by atoms with Crippen LogP contribution in [0.3, 0.4) is 0 Å². The van der Waals surface area contributed by atoms with E-state index in [1.54, 1.807) is 7.11 Å². The van der Waals surface area contributed by atoms with Gasteiger partial charge in [-0.05, 0) is 24.8 Å². The first-order valence-corrected chi connectivity index (χ1v) is 10.7. The van der Waals surface area contributed by atoms with E-state index in [9.17, 15) is 9.90 Å². The summed E-state index contributed by atoms with van der Waals surface area (Å²) in [6.45, 7) is 7.13. The Kier molecular flexibility index (Phi) is 8.89. The first-order chi connectivity index (χ1) is 14.2. The molecule has 0 aromatic heterocycles. The second kappa shape index (κ2) is 11.6. The second-order valence-corrected chi connectivity index (χ2v) is 8.00. The normalized spacial score (nSPS) is 26.3. The zero-order chi connectivity index (χ0) is 20.5. The predicted octanol–water partition coefficient (Wildman–Crippen LogP) is 0.865. The number of hydrogen-bond acceptors (Lipinski definition) is 6. The van der Waals surface area contributed by atoms with Crippen molar-refractivity contribution in [3.05, 3.63) is 35.9 Å². The number of hydrogen-bond donors (Lipinski definition) is 2. The lowest BCUT2D eigenvalue weighted by atomic mass is 9.98. The Morgan fingerprint density at radius 2 is 1.90 bits per heavy atom. The summed E-state index contributed by atoms with van der Waals surface area (Å²) in [6, 6.07) is 10.6. The minimum atomic E-state index is -0.770. The van der Waals surface area contributed by atoms with Gasteiger partial charge in [-0.15, -0.1) is 0 Å². The van der Waals surface area contributed by atoms with Crippen LogP contribution in [-0.2, 0) is 20.8 Å². The molecule has 3 atom stereocenters. The van der Waals surface area contributed by atoms with Crippen molar-refractivity contribution in [2.75, 3.05) is 53.0 Å². The fraction of sp³-hybridized carbons (Fsp3) is 0.682. The molecule has 3 unspecified atom stereocenters. The fourth-order valence-corrected chi connectivity index (χ4v) is 4.04. The molecule has 7 heteroatoms. The average Bonchev–Trinajstić information content (AvgIpc) is 2.75. The molecule has 3 rings (SSSR count). The molecule has 2 fully saturated rings. The highest BCUT2D eigenvalue weighted by Crippen LogP contribution is 2.22. The van der Waals surface area contributed by atoms with Crippen molar-refractivity contribution in [2.45, 2.75) is 44.1 Å². The maximum atomic E-state index is 12.3. The summed E-state index contributed by atoms with van der Waals surface area (Å²) in [5.41, 5.74) is 1.37. The molecule has 2 N–H and O–H groups in total.